The zero-order chi connectivity index (χ0) is 30.7. The zero-order valence-electron chi connectivity index (χ0n) is 24.7. The average molecular weight is 582 g/mol. The molecule has 0 spiro atoms. The number of morpholine rings is 1. The average Bonchev–Trinajstić information content (AvgIpc) is 3.00. The Bertz CT molecular complexity index is 1700. The van der Waals surface area contributed by atoms with E-state index in [1.807, 2.05) is 25.1 Å². The van der Waals surface area contributed by atoms with Crippen LogP contribution in [0.25, 0.3) is 11.3 Å². The third-order valence-corrected chi connectivity index (χ3v) is 7.48. The predicted octanol–water partition coefficient (Wildman–Crippen LogP) is 4.45. The largest absolute Gasteiger partial charge is 0.386 e. The van der Waals surface area contributed by atoms with Gasteiger partial charge < -0.3 is 29.9 Å². The summed E-state index contributed by atoms with van der Waals surface area (Å²) in [7, 11) is 1.65. The third-order valence-electron chi connectivity index (χ3n) is 7.48. The first kappa shape index (κ1) is 29.7. The van der Waals surface area contributed by atoms with E-state index in [0.717, 1.165) is 11.1 Å². The molecule has 0 atom stereocenters. The van der Waals surface area contributed by atoms with Gasteiger partial charge in [-0.3, -0.25) is 14.4 Å². The summed E-state index contributed by atoms with van der Waals surface area (Å²) in [5.41, 5.74) is 3.74. The van der Waals surface area contributed by atoms with Gasteiger partial charge in [0, 0.05) is 54.4 Å². The molecule has 3 aromatic carbocycles. The number of carbonyl (C=O) groups excluding carboxylic acids is 2. The molecule has 10 heteroatoms. The van der Waals surface area contributed by atoms with Crippen LogP contribution in [0, 0.1) is 6.92 Å². The molecule has 43 heavy (non-hydrogen) atoms. The van der Waals surface area contributed by atoms with Gasteiger partial charge in [-0.1, -0.05) is 24.3 Å². The fraction of sp³-hybridized carbons (Fsp3) is 0.273. The van der Waals surface area contributed by atoms with Crippen molar-refractivity contribution in [2.45, 2.75) is 26.4 Å². The Labute approximate surface area is 250 Å². The van der Waals surface area contributed by atoms with Crippen LogP contribution in [0.3, 0.4) is 0 Å². The van der Waals surface area contributed by atoms with E-state index < -0.39 is 5.60 Å². The topological polar surface area (TPSA) is 126 Å². The number of nitrogens with one attached hydrogen (secondary N) is 2. The molecule has 1 fully saturated rings. The fourth-order valence-electron chi connectivity index (χ4n) is 4.87. The molecular weight excluding hydrogens is 546 g/mol. The summed E-state index contributed by atoms with van der Waals surface area (Å²) in [5, 5.41) is 16.3. The maximum absolute atomic E-state index is 13.0. The number of benzene rings is 3. The number of aliphatic hydroxyl groups is 1. The van der Waals surface area contributed by atoms with Crippen molar-refractivity contribution in [3.05, 3.63) is 106 Å². The van der Waals surface area contributed by atoms with Crippen molar-refractivity contribution in [3.8, 4) is 11.3 Å². The third kappa shape index (κ3) is 6.66. The molecule has 0 unspecified atom stereocenters. The monoisotopic (exact) mass is 581 g/mol. The van der Waals surface area contributed by atoms with Gasteiger partial charge in [0.2, 0.25) is 0 Å². The Hall–Kier alpha value is -4.80. The number of ether oxygens (including phenoxy) is 1. The van der Waals surface area contributed by atoms with Crippen LogP contribution in [0.4, 0.5) is 17.2 Å². The van der Waals surface area contributed by atoms with Crippen LogP contribution in [0.1, 0.15) is 45.7 Å². The quantitative estimate of drug-likeness (QED) is 0.294. The number of amides is 2. The lowest BCUT2D eigenvalue weighted by molar-refractivity contribution is 0.0303. The van der Waals surface area contributed by atoms with E-state index in [4.69, 9.17) is 4.74 Å². The Balaban J connectivity index is 1.35. The molecule has 0 bridgehead atoms. The Morgan fingerprint density at radius 2 is 1.60 bits per heavy atom. The second kappa shape index (κ2) is 12.2. The summed E-state index contributed by atoms with van der Waals surface area (Å²) >= 11 is 0. The molecule has 1 aromatic heterocycles. The van der Waals surface area contributed by atoms with Crippen molar-refractivity contribution in [1.29, 1.82) is 0 Å². The summed E-state index contributed by atoms with van der Waals surface area (Å²) in [5.74, 6) is -0.207. The Kier molecular flexibility index (Phi) is 8.43. The Morgan fingerprint density at radius 3 is 2.26 bits per heavy atom. The number of hydrogen-bond donors (Lipinski definition) is 3. The van der Waals surface area contributed by atoms with Crippen molar-refractivity contribution in [3.63, 3.8) is 0 Å². The van der Waals surface area contributed by atoms with Gasteiger partial charge in [-0.25, -0.2) is 4.98 Å². The summed E-state index contributed by atoms with van der Waals surface area (Å²) in [4.78, 5) is 45.2. The highest BCUT2D eigenvalue weighted by atomic mass is 16.5. The van der Waals surface area contributed by atoms with Crippen LogP contribution in [-0.2, 0) is 17.4 Å². The lowest BCUT2D eigenvalue weighted by Crippen LogP contribution is -2.40. The molecule has 1 aliphatic heterocycles. The van der Waals surface area contributed by atoms with E-state index in [9.17, 15) is 19.5 Å². The molecule has 10 nitrogen and oxygen atoms in total. The summed E-state index contributed by atoms with van der Waals surface area (Å²) in [6.45, 7) is 7.45. The Morgan fingerprint density at radius 1 is 0.953 bits per heavy atom. The number of aryl methyl sites for hydroxylation is 1. The molecule has 222 valence electrons. The molecule has 1 aliphatic rings. The predicted molar refractivity (Wildman–Crippen MR) is 166 cm³/mol. The second-order valence-electron chi connectivity index (χ2n) is 11.1. The van der Waals surface area contributed by atoms with E-state index in [1.165, 1.54) is 4.57 Å². The molecule has 1 saturated heterocycles. The van der Waals surface area contributed by atoms with Gasteiger partial charge in [-0.05, 0) is 74.4 Å². The van der Waals surface area contributed by atoms with E-state index >= 15 is 0 Å². The highest BCUT2D eigenvalue weighted by molar-refractivity contribution is 6.05. The van der Waals surface area contributed by atoms with Gasteiger partial charge in [-0.2, -0.15) is 0 Å². The van der Waals surface area contributed by atoms with E-state index in [0.29, 0.717) is 60.1 Å². The van der Waals surface area contributed by atoms with Crippen molar-refractivity contribution in [2.75, 3.05) is 36.9 Å². The normalized spacial score (nSPS) is 13.5. The smallest absolute Gasteiger partial charge is 0.293 e. The van der Waals surface area contributed by atoms with Gasteiger partial charge in [0.05, 0.1) is 24.5 Å². The highest BCUT2D eigenvalue weighted by Gasteiger charge is 2.20. The number of nitrogens with zero attached hydrogens (tertiary/aromatic N) is 3. The first-order valence-corrected chi connectivity index (χ1v) is 14.1. The molecular formula is C33H35N5O5. The van der Waals surface area contributed by atoms with E-state index in [-0.39, 0.29) is 23.2 Å². The molecule has 2 heterocycles. The van der Waals surface area contributed by atoms with Crippen molar-refractivity contribution >= 4 is 29.0 Å². The number of hydrogen-bond acceptors (Lipinski definition) is 7. The van der Waals surface area contributed by atoms with Crippen LogP contribution in [0.2, 0.25) is 0 Å². The summed E-state index contributed by atoms with van der Waals surface area (Å²) in [6.07, 6.45) is 1.65. The molecule has 2 amide bonds. The number of aromatic nitrogens is 2. The van der Waals surface area contributed by atoms with Crippen LogP contribution in [0.15, 0.2) is 77.7 Å². The fourth-order valence-corrected chi connectivity index (χ4v) is 4.87. The minimum absolute atomic E-state index is 0.0561. The van der Waals surface area contributed by atoms with Gasteiger partial charge in [0.25, 0.3) is 17.4 Å². The number of anilines is 3. The molecule has 4 aromatic rings. The minimum atomic E-state index is -0.998. The molecule has 0 radical (unpaired) electrons. The zero-order valence-corrected chi connectivity index (χ0v) is 24.7. The standard InChI is InChI=1S/C33H35N5O5/c1-21-26(6-5-7-27(21)36-30(39)22-8-12-24(13-9-22)33(2,3)42)28-20-37(4)32(41)29(35-28)34-25-14-10-23(11-15-25)31(40)38-16-18-43-19-17-38/h5-15,20,42H,16-19H2,1-4H3,(H,34,35)(H,36,39). The molecule has 3 N–H and O–H groups in total. The lowest BCUT2D eigenvalue weighted by Gasteiger charge is -2.26. The SMILES string of the molecule is Cc1c(NC(=O)c2ccc(C(C)(C)O)cc2)cccc1-c1cn(C)c(=O)c(Nc2ccc(C(=O)N3CCOCC3)cc2)n1. The van der Waals surface area contributed by atoms with Gasteiger partial charge in [0.1, 0.15) is 0 Å². The number of rotatable bonds is 7. The first-order chi connectivity index (χ1) is 20.5. The summed E-state index contributed by atoms with van der Waals surface area (Å²) < 4.78 is 6.78. The van der Waals surface area contributed by atoms with Gasteiger partial charge >= 0.3 is 0 Å². The van der Waals surface area contributed by atoms with Crippen LogP contribution in [0.5, 0.6) is 0 Å². The molecule has 0 aliphatic carbocycles. The first-order valence-electron chi connectivity index (χ1n) is 14.1. The highest BCUT2D eigenvalue weighted by Crippen LogP contribution is 2.29. The minimum Gasteiger partial charge on any atom is -0.386 e. The number of carbonyl (C=O) groups is 2. The van der Waals surface area contributed by atoms with Crippen molar-refractivity contribution < 1.29 is 19.4 Å². The van der Waals surface area contributed by atoms with E-state index in [1.54, 1.807) is 80.5 Å². The van der Waals surface area contributed by atoms with Gasteiger partial charge in [0.15, 0.2) is 5.82 Å². The second-order valence-corrected chi connectivity index (χ2v) is 11.1. The lowest BCUT2D eigenvalue weighted by atomic mass is 9.97. The molecule has 5 rings (SSSR count). The maximum Gasteiger partial charge on any atom is 0.293 e. The van der Waals surface area contributed by atoms with E-state index in [2.05, 4.69) is 15.6 Å². The van der Waals surface area contributed by atoms with Gasteiger partial charge in [-0.15, -0.1) is 0 Å². The van der Waals surface area contributed by atoms with Crippen LogP contribution in [-0.4, -0.2) is 57.7 Å². The maximum atomic E-state index is 13.0. The van der Waals surface area contributed by atoms with Crippen LogP contribution >= 0.6 is 0 Å². The summed E-state index contributed by atoms with van der Waals surface area (Å²) in [6, 6.07) is 19.3. The van der Waals surface area contributed by atoms with Crippen molar-refractivity contribution in [2.24, 2.45) is 7.05 Å². The van der Waals surface area contributed by atoms with Crippen molar-refractivity contribution in [1.82, 2.24) is 14.5 Å². The van der Waals surface area contributed by atoms with Crippen LogP contribution < -0.4 is 16.2 Å². The molecule has 0 saturated carbocycles.